The van der Waals surface area contributed by atoms with Crippen LogP contribution in [0.3, 0.4) is 0 Å². The maximum atomic E-state index is 14.3. The minimum Gasteiger partial charge on any atom is -0.345 e. The average molecular weight is 411 g/mol. The SMILES string of the molecule is Cc1cc(C(=O)NC(C)c2cccc(C(F)(F)F)c2F)cc(NC(=O)C(C)C)n1. The lowest BCUT2D eigenvalue weighted by Gasteiger charge is -2.18. The molecular weight excluding hydrogens is 390 g/mol. The molecule has 0 aliphatic rings. The molecule has 0 aliphatic carbocycles. The maximum absolute atomic E-state index is 14.3. The Kier molecular flexibility index (Phi) is 6.61. The molecule has 0 aliphatic heterocycles. The number of amides is 2. The van der Waals surface area contributed by atoms with E-state index in [9.17, 15) is 27.2 Å². The normalized spacial score (nSPS) is 12.6. The minimum atomic E-state index is -4.84. The zero-order chi connectivity index (χ0) is 21.9. The minimum absolute atomic E-state index is 0.135. The number of nitrogens with one attached hydrogen (secondary N) is 2. The van der Waals surface area contributed by atoms with Crippen molar-refractivity contribution < 1.29 is 27.2 Å². The van der Waals surface area contributed by atoms with Crippen molar-refractivity contribution in [3.05, 3.63) is 58.5 Å². The Morgan fingerprint density at radius 3 is 2.34 bits per heavy atom. The Labute approximate surface area is 165 Å². The van der Waals surface area contributed by atoms with Crippen LogP contribution in [0, 0.1) is 18.7 Å². The zero-order valence-electron chi connectivity index (χ0n) is 16.3. The second kappa shape index (κ2) is 8.59. The maximum Gasteiger partial charge on any atom is 0.419 e. The highest BCUT2D eigenvalue weighted by Gasteiger charge is 2.35. The van der Waals surface area contributed by atoms with Gasteiger partial charge in [-0.1, -0.05) is 26.0 Å². The average Bonchev–Trinajstić information content (AvgIpc) is 2.60. The van der Waals surface area contributed by atoms with Crippen LogP contribution in [0.1, 0.15) is 54.0 Å². The van der Waals surface area contributed by atoms with E-state index >= 15 is 0 Å². The van der Waals surface area contributed by atoms with Gasteiger partial charge in [-0.05, 0) is 32.0 Å². The van der Waals surface area contributed by atoms with Gasteiger partial charge < -0.3 is 10.6 Å². The van der Waals surface area contributed by atoms with E-state index in [0.717, 1.165) is 6.07 Å². The number of aryl methyl sites for hydroxylation is 1. The number of hydrogen-bond acceptors (Lipinski definition) is 3. The molecule has 1 atom stereocenters. The van der Waals surface area contributed by atoms with Gasteiger partial charge in [-0.2, -0.15) is 13.2 Å². The number of benzene rings is 1. The van der Waals surface area contributed by atoms with Crippen molar-refractivity contribution in [2.24, 2.45) is 5.92 Å². The molecule has 1 unspecified atom stereocenters. The fourth-order valence-corrected chi connectivity index (χ4v) is 2.60. The quantitative estimate of drug-likeness (QED) is 0.705. The lowest BCUT2D eigenvalue weighted by Crippen LogP contribution is -2.28. The van der Waals surface area contributed by atoms with Crippen LogP contribution < -0.4 is 10.6 Å². The van der Waals surface area contributed by atoms with Crippen LogP contribution in [-0.2, 0) is 11.0 Å². The molecular formula is C20H21F4N3O2. The molecule has 5 nitrogen and oxygen atoms in total. The Morgan fingerprint density at radius 1 is 1.10 bits per heavy atom. The Hall–Kier alpha value is -2.97. The van der Waals surface area contributed by atoms with Crippen LogP contribution in [0.4, 0.5) is 23.4 Å². The molecule has 0 fully saturated rings. The first-order chi connectivity index (χ1) is 13.4. The lowest BCUT2D eigenvalue weighted by molar-refractivity contribution is -0.140. The van der Waals surface area contributed by atoms with E-state index in [4.69, 9.17) is 0 Å². The number of alkyl halides is 3. The van der Waals surface area contributed by atoms with E-state index in [-0.39, 0.29) is 28.8 Å². The summed E-state index contributed by atoms with van der Waals surface area (Å²) in [4.78, 5) is 28.5. The monoisotopic (exact) mass is 411 g/mol. The van der Waals surface area contributed by atoms with E-state index in [0.29, 0.717) is 11.8 Å². The topological polar surface area (TPSA) is 71.1 Å². The molecule has 2 rings (SSSR count). The fourth-order valence-electron chi connectivity index (χ4n) is 2.60. The number of carbonyl (C=O) groups is 2. The van der Waals surface area contributed by atoms with Gasteiger partial charge in [0.05, 0.1) is 11.6 Å². The summed E-state index contributed by atoms with van der Waals surface area (Å²) in [5.41, 5.74) is -1.09. The summed E-state index contributed by atoms with van der Waals surface area (Å²) in [7, 11) is 0. The van der Waals surface area contributed by atoms with Gasteiger partial charge in [-0.15, -0.1) is 0 Å². The van der Waals surface area contributed by atoms with Crippen LogP contribution in [0.15, 0.2) is 30.3 Å². The highest BCUT2D eigenvalue weighted by atomic mass is 19.4. The summed E-state index contributed by atoms with van der Waals surface area (Å²) < 4.78 is 53.0. The Bertz CT molecular complexity index is 926. The summed E-state index contributed by atoms with van der Waals surface area (Å²) in [6.45, 7) is 6.40. The fraction of sp³-hybridized carbons (Fsp3) is 0.350. The molecule has 1 heterocycles. The second-order valence-corrected chi connectivity index (χ2v) is 6.93. The molecule has 2 N–H and O–H groups in total. The van der Waals surface area contributed by atoms with Crippen LogP contribution in [0.5, 0.6) is 0 Å². The Morgan fingerprint density at radius 2 is 1.76 bits per heavy atom. The molecule has 1 aromatic heterocycles. The highest BCUT2D eigenvalue weighted by Crippen LogP contribution is 2.33. The molecule has 29 heavy (non-hydrogen) atoms. The molecule has 2 amide bonds. The third-order valence-electron chi connectivity index (χ3n) is 4.14. The number of anilines is 1. The van der Waals surface area contributed by atoms with Crippen molar-refractivity contribution in [3.8, 4) is 0 Å². The number of halogens is 4. The first-order valence-electron chi connectivity index (χ1n) is 8.86. The molecule has 9 heteroatoms. The zero-order valence-corrected chi connectivity index (χ0v) is 16.3. The summed E-state index contributed by atoms with van der Waals surface area (Å²) in [6, 6.07) is 4.69. The van der Waals surface area contributed by atoms with E-state index in [2.05, 4.69) is 15.6 Å². The van der Waals surface area contributed by atoms with Crippen molar-refractivity contribution >= 4 is 17.6 Å². The van der Waals surface area contributed by atoms with Crippen molar-refractivity contribution in [3.63, 3.8) is 0 Å². The molecule has 0 radical (unpaired) electrons. The number of carbonyl (C=O) groups excluding carboxylic acids is 2. The molecule has 0 saturated heterocycles. The first-order valence-corrected chi connectivity index (χ1v) is 8.86. The van der Waals surface area contributed by atoms with Gasteiger partial charge in [0.1, 0.15) is 11.6 Å². The second-order valence-electron chi connectivity index (χ2n) is 6.93. The van der Waals surface area contributed by atoms with E-state index < -0.39 is 29.5 Å². The van der Waals surface area contributed by atoms with Gasteiger partial charge in [0, 0.05) is 22.7 Å². The van der Waals surface area contributed by atoms with Crippen molar-refractivity contribution in [2.45, 2.75) is 39.9 Å². The number of hydrogen-bond donors (Lipinski definition) is 2. The van der Waals surface area contributed by atoms with Gasteiger partial charge in [0.2, 0.25) is 5.91 Å². The predicted molar refractivity (Wildman–Crippen MR) is 99.7 cm³/mol. The standard InChI is InChI=1S/C20H21F4N3O2/c1-10(2)18(28)27-16-9-13(8-11(3)25-16)19(29)26-12(4)14-6-5-7-15(17(14)21)20(22,23)24/h5-10,12H,1-4H3,(H,26,29)(H,25,27,28). The largest absolute Gasteiger partial charge is 0.419 e. The van der Waals surface area contributed by atoms with Crippen LogP contribution >= 0.6 is 0 Å². The number of pyridine rings is 1. The molecule has 0 saturated carbocycles. The van der Waals surface area contributed by atoms with Crippen LogP contribution in [-0.4, -0.2) is 16.8 Å². The van der Waals surface area contributed by atoms with Crippen molar-refractivity contribution in [1.82, 2.24) is 10.3 Å². The van der Waals surface area contributed by atoms with Gasteiger partial charge >= 0.3 is 6.18 Å². The van der Waals surface area contributed by atoms with Gasteiger partial charge in [-0.25, -0.2) is 9.37 Å². The molecule has 1 aromatic carbocycles. The van der Waals surface area contributed by atoms with Crippen LogP contribution in [0.25, 0.3) is 0 Å². The summed E-state index contributed by atoms with van der Waals surface area (Å²) in [5, 5.41) is 5.06. The molecule has 2 aromatic rings. The van der Waals surface area contributed by atoms with Crippen molar-refractivity contribution in [1.29, 1.82) is 0 Å². The van der Waals surface area contributed by atoms with E-state index in [1.54, 1.807) is 20.8 Å². The van der Waals surface area contributed by atoms with Crippen LogP contribution in [0.2, 0.25) is 0 Å². The van der Waals surface area contributed by atoms with Gasteiger partial charge in [0.25, 0.3) is 5.91 Å². The lowest BCUT2D eigenvalue weighted by atomic mass is 10.0. The van der Waals surface area contributed by atoms with Gasteiger partial charge in [-0.3, -0.25) is 9.59 Å². The number of nitrogens with zero attached hydrogens (tertiary/aromatic N) is 1. The number of rotatable bonds is 5. The van der Waals surface area contributed by atoms with E-state index in [1.165, 1.54) is 25.1 Å². The van der Waals surface area contributed by atoms with Crippen molar-refractivity contribution in [2.75, 3.05) is 5.32 Å². The predicted octanol–water partition coefficient (Wildman–Crippen LogP) is 4.63. The summed E-state index contributed by atoms with van der Waals surface area (Å²) in [6.07, 6.45) is -4.84. The summed E-state index contributed by atoms with van der Waals surface area (Å²) in [5.74, 6) is -2.47. The smallest absolute Gasteiger partial charge is 0.345 e. The molecule has 0 bridgehead atoms. The summed E-state index contributed by atoms with van der Waals surface area (Å²) >= 11 is 0. The highest BCUT2D eigenvalue weighted by molar-refractivity contribution is 5.97. The first kappa shape index (κ1) is 22.3. The van der Waals surface area contributed by atoms with Gasteiger partial charge in [0.15, 0.2) is 0 Å². The molecule has 0 spiro atoms. The number of aromatic nitrogens is 1. The molecule has 156 valence electrons. The van der Waals surface area contributed by atoms with E-state index in [1.807, 2.05) is 0 Å². The third kappa shape index (κ3) is 5.52. The third-order valence-corrected chi connectivity index (χ3v) is 4.14. The Balaban J connectivity index is 2.25.